The molecule has 0 saturated heterocycles. The number of likely N-dealkylation sites (N-methyl/N-ethyl adjacent to an activating group) is 1. The minimum atomic E-state index is -0.462. The van der Waals surface area contributed by atoms with Crippen molar-refractivity contribution in [2.45, 2.75) is 26.2 Å². The number of ether oxygens (including phenoxy) is 1. The van der Waals surface area contributed by atoms with E-state index in [4.69, 9.17) is 4.74 Å². The molecule has 1 N–H and O–H groups in total. The first-order valence-corrected chi connectivity index (χ1v) is 6.67. The van der Waals surface area contributed by atoms with Crippen LogP contribution in [0.1, 0.15) is 25.3 Å². The second-order valence-corrected chi connectivity index (χ2v) is 4.73. The number of pyridine rings is 1. The van der Waals surface area contributed by atoms with E-state index in [1.54, 1.807) is 12.3 Å². The lowest BCUT2D eigenvalue weighted by atomic mass is 10.1. The van der Waals surface area contributed by atoms with E-state index in [1.807, 2.05) is 25.1 Å². The number of amides is 1. The summed E-state index contributed by atoms with van der Waals surface area (Å²) >= 11 is 0. The van der Waals surface area contributed by atoms with E-state index in [0.29, 0.717) is 12.4 Å². The summed E-state index contributed by atoms with van der Waals surface area (Å²) in [4.78, 5) is 17.6. The first-order valence-electron chi connectivity index (χ1n) is 6.67. The number of nitrogens with zero attached hydrogens (tertiary/aromatic N) is 2. The first-order chi connectivity index (χ1) is 9.11. The number of rotatable bonds is 7. The predicted octanol–water partition coefficient (Wildman–Crippen LogP) is 2.07. The molecule has 1 amide bonds. The molecule has 1 heterocycles. The van der Waals surface area contributed by atoms with E-state index in [1.165, 1.54) is 5.56 Å². The van der Waals surface area contributed by atoms with Crippen LogP contribution in [-0.4, -0.2) is 43.2 Å². The quantitative estimate of drug-likeness (QED) is 0.820. The maximum atomic E-state index is 11.5. The van der Waals surface area contributed by atoms with Crippen LogP contribution in [0.4, 0.5) is 4.79 Å². The molecule has 19 heavy (non-hydrogen) atoms. The van der Waals surface area contributed by atoms with Crippen LogP contribution in [0.15, 0.2) is 18.3 Å². The molecule has 0 aliphatic heterocycles. The van der Waals surface area contributed by atoms with Gasteiger partial charge in [0, 0.05) is 25.4 Å². The Morgan fingerprint density at radius 1 is 1.42 bits per heavy atom. The molecule has 0 aliphatic rings. The zero-order chi connectivity index (χ0) is 14.1. The van der Waals surface area contributed by atoms with Crippen LogP contribution in [0.5, 0.6) is 5.88 Å². The molecule has 0 spiro atoms. The third kappa shape index (κ3) is 6.76. The van der Waals surface area contributed by atoms with Gasteiger partial charge in [0.2, 0.25) is 5.88 Å². The molecule has 0 radical (unpaired) electrons. The van der Waals surface area contributed by atoms with Gasteiger partial charge in [-0.25, -0.2) is 9.78 Å². The number of aryl methyl sites for hydroxylation is 1. The lowest BCUT2D eigenvalue weighted by molar-refractivity contribution is 0.197. The summed E-state index contributed by atoms with van der Waals surface area (Å²) in [7, 11) is 3.90. The molecule has 1 rings (SSSR count). The number of hydrogen-bond donors (Lipinski definition) is 1. The molecule has 1 aromatic rings. The third-order valence-corrected chi connectivity index (χ3v) is 2.64. The van der Waals surface area contributed by atoms with E-state index in [2.05, 4.69) is 17.2 Å². The van der Waals surface area contributed by atoms with E-state index < -0.39 is 6.09 Å². The van der Waals surface area contributed by atoms with E-state index in [9.17, 15) is 4.79 Å². The number of hydrogen-bond acceptors (Lipinski definition) is 4. The third-order valence-electron chi connectivity index (χ3n) is 2.64. The molecule has 106 valence electrons. The normalized spacial score (nSPS) is 10.5. The highest BCUT2D eigenvalue weighted by Gasteiger charge is 2.04. The smallest absolute Gasteiger partial charge is 0.391 e. The van der Waals surface area contributed by atoms with Crippen molar-refractivity contribution in [3.05, 3.63) is 23.9 Å². The highest BCUT2D eigenvalue weighted by molar-refractivity contribution is 5.69. The molecule has 0 aromatic carbocycles. The largest absolute Gasteiger partial charge is 0.413 e. The van der Waals surface area contributed by atoms with Crippen LogP contribution in [0.3, 0.4) is 0 Å². The van der Waals surface area contributed by atoms with Crippen molar-refractivity contribution in [1.29, 1.82) is 0 Å². The SMILES string of the molecule is CCCCc1ccc(OC(=O)NCCN(C)C)nc1. The molecule has 0 bridgehead atoms. The minimum Gasteiger partial charge on any atom is -0.391 e. The highest BCUT2D eigenvalue weighted by atomic mass is 16.6. The monoisotopic (exact) mass is 265 g/mol. The standard InChI is InChI=1S/C14H23N3O2/c1-4-5-6-12-7-8-13(16-11-12)19-14(18)15-9-10-17(2)3/h7-8,11H,4-6,9-10H2,1-3H3,(H,15,18). The van der Waals surface area contributed by atoms with Crippen LogP contribution in [0.25, 0.3) is 0 Å². The van der Waals surface area contributed by atoms with Gasteiger partial charge in [0.15, 0.2) is 0 Å². The summed E-state index contributed by atoms with van der Waals surface area (Å²) in [6, 6.07) is 3.68. The van der Waals surface area contributed by atoms with E-state index >= 15 is 0 Å². The van der Waals surface area contributed by atoms with Gasteiger partial charge >= 0.3 is 6.09 Å². The van der Waals surface area contributed by atoms with Crippen LogP contribution in [0.2, 0.25) is 0 Å². The van der Waals surface area contributed by atoms with Gasteiger partial charge in [-0.15, -0.1) is 0 Å². The van der Waals surface area contributed by atoms with Gasteiger partial charge in [-0.05, 0) is 32.5 Å². The van der Waals surface area contributed by atoms with Crippen molar-refractivity contribution in [2.24, 2.45) is 0 Å². The number of aromatic nitrogens is 1. The number of unbranched alkanes of at least 4 members (excludes halogenated alkanes) is 1. The summed E-state index contributed by atoms with van der Waals surface area (Å²) in [5.41, 5.74) is 1.17. The van der Waals surface area contributed by atoms with Crippen LogP contribution in [0, 0.1) is 0 Å². The Labute approximate surface area is 115 Å². The zero-order valence-corrected chi connectivity index (χ0v) is 12.0. The van der Waals surface area contributed by atoms with Crippen molar-refractivity contribution in [2.75, 3.05) is 27.2 Å². The van der Waals surface area contributed by atoms with Crippen molar-refractivity contribution in [3.8, 4) is 5.88 Å². The van der Waals surface area contributed by atoms with Gasteiger partial charge in [0.05, 0.1) is 0 Å². The number of carbonyl (C=O) groups excluding carboxylic acids is 1. The summed E-state index contributed by atoms with van der Waals surface area (Å²) < 4.78 is 5.08. The molecule has 5 nitrogen and oxygen atoms in total. The molecule has 1 aromatic heterocycles. The summed E-state index contributed by atoms with van der Waals surface area (Å²) in [6.45, 7) is 3.49. The Bertz CT molecular complexity index is 377. The van der Waals surface area contributed by atoms with E-state index in [-0.39, 0.29) is 0 Å². The van der Waals surface area contributed by atoms with Crippen LogP contribution >= 0.6 is 0 Å². The lowest BCUT2D eigenvalue weighted by Crippen LogP contribution is -2.33. The maximum absolute atomic E-state index is 11.5. The maximum Gasteiger partial charge on any atom is 0.413 e. The first kappa shape index (κ1) is 15.4. The second-order valence-electron chi connectivity index (χ2n) is 4.73. The van der Waals surface area contributed by atoms with Gasteiger partial charge in [-0.3, -0.25) is 0 Å². The van der Waals surface area contributed by atoms with Gasteiger partial charge in [-0.1, -0.05) is 19.4 Å². The molecule has 0 unspecified atom stereocenters. The fraction of sp³-hybridized carbons (Fsp3) is 0.571. The van der Waals surface area contributed by atoms with Crippen molar-refractivity contribution in [3.63, 3.8) is 0 Å². The average Bonchev–Trinajstić information content (AvgIpc) is 2.37. The molecular weight excluding hydrogens is 242 g/mol. The van der Waals surface area contributed by atoms with E-state index in [0.717, 1.165) is 25.8 Å². The number of carbonyl (C=O) groups is 1. The average molecular weight is 265 g/mol. The Hall–Kier alpha value is -1.62. The topological polar surface area (TPSA) is 54.5 Å². The minimum absolute atomic E-state index is 0.336. The summed E-state index contributed by atoms with van der Waals surface area (Å²) in [5.74, 6) is 0.336. The summed E-state index contributed by atoms with van der Waals surface area (Å²) in [5, 5.41) is 2.67. The molecule has 0 atom stereocenters. The molecule has 0 fully saturated rings. The van der Waals surface area contributed by atoms with Gasteiger partial charge < -0.3 is 15.0 Å². The molecular formula is C14H23N3O2. The Morgan fingerprint density at radius 2 is 2.21 bits per heavy atom. The fourth-order valence-corrected chi connectivity index (χ4v) is 1.51. The fourth-order valence-electron chi connectivity index (χ4n) is 1.51. The van der Waals surface area contributed by atoms with Crippen molar-refractivity contribution >= 4 is 6.09 Å². The van der Waals surface area contributed by atoms with Crippen molar-refractivity contribution in [1.82, 2.24) is 15.2 Å². The second kappa shape index (κ2) is 8.48. The molecule has 5 heteroatoms. The van der Waals surface area contributed by atoms with Crippen LogP contribution < -0.4 is 10.1 Å². The Morgan fingerprint density at radius 3 is 2.79 bits per heavy atom. The van der Waals surface area contributed by atoms with Gasteiger partial charge in [0.1, 0.15) is 0 Å². The van der Waals surface area contributed by atoms with Crippen molar-refractivity contribution < 1.29 is 9.53 Å². The Kier molecular flexibility index (Phi) is 6.89. The van der Waals surface area contributed by atoms with Gasteiger partial charge in [-0.2, -0.15) is 0 Å². The van der Waals surface area contributed by atoms with Gasteiger partial charge in [0.25, 0.3) is 0 Å². The molecule has 0 aliphatic carbocycles. The molecule has 0 saturated carbocycles. The lowest BCUT2D eigenvalue weighted by Gasteiger charge is -2.10. The Balaban J connectivity index is 2.33. The summed E-state index contributed by atoms with van der Waals surface area (Å²) in [6.07, 6.45) is 4.62. The van der Waals surface area contributed by atoms with Crippen LogP contribution in [-0.2, 0) is 6.42 Å². The zero-order valence-electron chi connectivity index (χ0n) is 12.0. The predicted molar refractivity (Wildman–Crippen MR) is 75.4 cm³/mol. The highest BCUT2D eigenvalue weighted by Crippen LogP contribution is 2.09. The number of nitrogens with one attached hydrogen (secondary N) is 1.